The molecule has 0 spiro atoms. The Bertz CT molecular complexity index is 814. The normalized spacial score (nSPS) is 14.4. The molecule has 0 atom stereocenters. The summed E-state index contributed by atoms with van der Waals surface area (Å²) in [5.74, 6) is 1.29. The lowest BCUT2D eigenvalue weighted by molar-refractivity contribution is -0.142. The van der Waals surface area contributed by atoms with Crippen LogP contribution >= 0.6 is 23.1 Å². The predicted octanol–water partition coefficient (Wildman–Crippen LogP) is 3.25. The highest BCUT2D eigenvalue weighted by atomic mass is 32.2. The molecule has 0 aromatic carbocycles. The van der Waals surface area contributed by atoms with E-state index in [2.05, 4.69) is 32.0 Å². The number of thiazole rings is 1. The quantitative estimate of drug-likeness (QED) is 0.488. The molecule has 2 aromatic heterocycles. The van der Waals surface area contributed by atoms with Crippen molar-refractivity contribution in [2.75, 3.05) is 17.7 Å². The SMILES string of the molecule is CCOC(=O)Cc1csc(NC(=O)CSc2nnc(C3CCCC3)n2CC)n1. The zero-order valence-corrected chi connectivity index (χ0v) is 17.8. The number of nitrogens with zero attached hydrogens (tertiary/aromatic N) is 4. The first-order valence-electron chi connectivity index (χ1n) is 9.56. The van der Waals surface area contributed by atoms with Gasteiger partial charge in [-0.15, -0.1) is 21.5 Å². The van der Waals surface area contributed by atoms with Gasteiger partial charge in [0, 0.05) is 17.8 Å². The van der Waals surface area contributed by atoms with E-state index >= 15 is 0 Å². The van der Waals surface area contributed by atoms with Crippen LogP contribution in [0.1, 0.15) is 57.0 Å². The Morgan fingerprint density at radius 3 is 2.82 bits per heavy atom. The van der Waals surface area contributed by atoms with Gasteiger partial charge in [0.05, 0.1) is 24.5 Å². The number of hydrogen-bond acceptors (Lipinski definition) is 8. The molecule has 0 aliphatic heterocycles. The number of carbonyl (C=O) groups is 2. The first kappa shape index (κ1) is 20.8. The standard InChI is InChI=1S/C18H25N5O3S2/c1-3-23-16(12-7-5-6-8-12)21-22-18(23)28-11-14(24)20-17-19-13(10-27-17)9-15(25)26-4-2/h10,12H,3-9,11H2,1-2H3,(H,19,20,24). The summed E-state index contributed by atoms with van der Waals surface area (Å²) in [4.78, 5) is 28.0. The van der Waals surface area contributed by atoms with Gasteiger partial charge in [-0.1, -0.05) is 24.6 Å². The molecule has 1 N–H and O–H groups in total. The fourth-order valence-corrected chi connectivity index (χ4v) is 4.82. The topological polar surface area (TPSA) is 99.0 Å². The highest BCUT2D eigenvalue weighted by Gasteiger charge is 2.24. The fraction of sp³-hybridized carbons (Fsp3) is 0.611. The summed E-state index contributed by atoms with van der Waals surface area (Å²) in [6.45, 7) is 4.98. The highest BCUT2D eigenvalue weighted by molar-refractivity contribution is 7.99. The molecule has 10 heteroatoms. The minimum Gasteiger partial charge on any atom is -0.466 e. The largest absolute Gasteiger partial charge is 0.466 e. The van der Waals surface area contributed by atoms with Crippen LogP contribution in [0.15, 0.2) is 10.5 Å². The van der Waals surface area contributed by atoms with Crippen molar-refractivity contribution in [3.63, 3.8) is 0 Å². The summed E-state index contributed by atoms with van der Waals surface area (Å²) in [6.07, 6.45) is 4.94. The van der Waals surface area contributed by atoms with Crippen LogP contribution in [0.25, 0.3) is 0 Å². The van der Waals surface area contributed by atoms with Gasteiger partial charge in [-0.3, -0.25) is 9.59 Å². The Labute approximate surface area is 172 Å². The second kappa shape index (κ2) is 10.0. The molecule has 1 aliphatic carbocycles. The van der Waals surface area contributed by atoms with Gasteiger partial charge in [-0.25, -0.2) is 4.98 Å². The number of thioether (sulfide) groups is 1. The summed E-state index contributed by atoms with van der Waals surface area (Å²) in [5, 5.41) is 14.5. The summed E-state index contributed by atoms with van der Waals surface area (Å²) in [6, 6.07) is 0. The minimum absolute atomic E-state index is 0.110. The average molecular weight is 424 g/mol. The maximum Gasteiger partial charge on any atom is 0.311 e. The molecule has 2 heterocycles. The third-order valence-corrected chi connectivity index (χ3v) is 6.32. The van der Waals surface area contributed by atoms with Gasteiger partial charge in [0.2, 0.25) is 5.91 Å². The van der Waals surface area contributed by atoms with E-state index in [-0.39, 0.29) is 24.1 Å². The number of esters is 1. The number of anilines is 1. The number of nitrogens with one attached hydrogen (secondary N) is 1. The lowest BCUT2D eigenvalue weighted by Crippen LogP contribution is -2.15. The van der Waals surface area contributed by atoms with Crippen molar-refractivity contribution in [2.45, 2.75) is 63.6 Å². The van der Waals surface area contributed by atoms with Gasteiger partial charge in [0.15, 0.2) is 10.3 Å². The van der Waals surface area contributed by atoms with Gasteiger partial charge in [-0.2, -0.15) is 0 Å². The molecule has 152 valence electrons. The Balaban J connectivity index is 1.52. The van der Waals surface area contributed by atoms with E-state index in [1.165, 1.54) is 48.8 Å². The molecule has 1 aliphatic rings. The van der Waals surface area contributed by atoms with Crippen molar-refractivity contribution in [2.24, 2.45) is 0 Å². The van der Waals surface area contributed by atoms with E-state index in [0.717, 1.165) is 17.5 Å². The van der Waals surface area contributed by atoms with Crippen LogP contribution in [-0.4, -0.2) is 44.0 Å². The monoisotopic (exact) mass is 423 g/mol. The van der Waals surface area contributed by atoms with E-state index in [1.807, 2.05) is 0 Å². The van der Waals surface area contributed by atoms with E-state index < -0.39 is 0 Å². The van der Waals surface area contributed by atoms with Gasteiger partial charge < -0.3 is 14.6 Å². The summed E-state index contributed by atoms with van der Waals surface area (Å²) >= 11 is 2.68. The minimum atomic E-state index is -0.321. The number of ether oxygens (including phenoxy) is 1. The molecule has 2 aromatic rings. The van der Waals surface area contributed by atoms with Crippen molar-refractivity contribution in [3.05, 3.63) is 16.9 Å². The summed E-state index contributed by atoms with van der Waals surface area (Å²) in [5.41, 5.74) is 0.596. The van der Waals surface area contributed by atoms with Crippen LogP contribution in [0, 0.1) is 0 Å². The van der Waals surface area contributed by atoms with Crippen molar-refractivity contribution >= 4 is 40.1 Å². The van der Waals surface area contributed by atoms with Crippen molar-refractivity contribution in [3.8, 4) is 0 Å². The van der Waals surface area contributed by atoms with Crippen molar-refractivity contribution in [1.82, 2.24) is 19.7 Å². The van der Waals surface area contributed by atoms with E-state index in [4.69, 9.17) is 4.74 Å². The molecule has 1 saturated carbocycles. The van der Waals surface area contributed by atoms with Crippen LogP contribution in [0.2, 0.25) is 0 Å². The van der Waals surface area contributed by atoms with Gasteiger partial charge in [0.1, 0.15) is 5.82 Å². The van der Waals surface area contributed by atoms with Crippen LogP contribution < -0.4 is 5.32 Å². The molecule has 28 heavy (non-hydrogen) atoms. The first-order valence-corrected chi connectivity index (χ1v) is 11.4. The molecule has 1 fully saturated rings. The lowest BCUT2D eigenvalue weighted by atomic mass is 10.1. The number of hydrogen-bond donors (Lipinski definition) is 1. The van der Waals surface area contributed by atoms with Crippen molar-refractivity contribution in [1.29, 1.82) is 0 Å². The molecule has 0 bridgehead atoms. The number of carbonyl (C=O) groups excluding carboxylic acids is 2. The zero-order chi connectivity index (χ0) is 19.9. The maximum absolute atomic E-state index is 12.3. The molecule has 0 unspecified atom stereocenters. The molecule has 3 rings (SSSR count). The Kier molecular flexibility index (Phi) is 7.43. The first-order chi connectivity index (χ1) is 13.6. The molecule has 0 saturated heterocycles. The van der Waals surface area contributed by atoms with Crippen LogP contribution in [0.4, 0.5) is 5.13 Å². The van der Waals surface area contributed by atoms with E-state index in [0.29, 0.717) is 23.4 Å². The third kappa shape index (κ3) is 5.32. The third-order valence-electron chi connectivity index (χ3n) is 4.54. The number of aromatic nitrogens is 4. The van der Waals surface area contributed by atoms with E-state index in [9.17, 15) is 9.59 Å². The molecule has 0 radical (unpaired) electrons. The predicted molar refractivity (Wildman–Crippen MR) is 109 cm³/mol. The smallest absolute Gasteiger partial charge is 0.311 e. The second-order valence-corrected chi connectivity index (χ2v) is 8.33. The highest BCUT2D eigenvalue weighted by Crippen LogP contribution is 2.34. The van der Waals surface area contributed by atoms with Crippen LogP contribution in [0.3, 0.4) is 0 Å². The van der Waals surface area contributed by atoms with Gasteiger partial charge in [0.25, 0.3) is 0 Å². The van der Waals surface area contributed by atoms with Gasteiger partial charge >= 0.3 is 5.97 Å². The van der Waals surface area contributed by atoms with Crippen LogP contribution in [-0.2, 0) is 27.3 Å². The van der Waals surface area contributed by atoms with E-state index in [1.54, 1.807) is 12.3 Å². The zero-order valence-electron chi connectivity index (χ0n) is 16.1. The van der Waals surface area contributed by atoms with Crippen LogP contribution in [0.5, 0.6) is 0 Å². The van der Waals surface area contributed by atoms with Gasteiger partial charge in [-0.05, 0) is 26.7 Å². The lowest BCUT2D eigenvalue weighted by Gasteiger charge is -2.11. The Hall–Kier alpha value is -1.94. The maximum atomic E-state index is 12.3. The second-order valence-electron chi connectivity index (χ2n) is 6.53. The fourth-order valence-electron chi connectivity index (χ4n) is 3.28. The molecular weight excluding hydrogens is 398 g/mol. The summed E-state index contributed by atoms with van der Waals surface area (Å²) < 4.78 is 7.02. The van der Waals surface area contributed by atoms with Crippen molar-refractivity contribution < 1.29 is 14.3 Å². The summed E-state index contributed by atoms with van der Waals surface area (Å²) in [7, 11) is 0. The Morgan fingerprint density at radius 1 is 1.32 bits per heavy atom. The molecular formula is C18H25N5O3S2. The molecule has 8 nitrogen and oxygen atoms in total. The average Bonchev–Trinajstić information content (AvgIpc) is 3.40. The number of rotatable bonds is 9. The Morgan fingerprint density at radius 2 is 2.11 bits per heavy atom. The molecule has 1 amide bonds. The number of amides is 1.